The molecule has 3 rings (SSSR count). The summed E-state index contributed by atoms with van der Waals surface area (Å²) in [6, 6.07) is 5.32. The SMILES string of the molecule is CC1Sc2nc3ccc(Br)cc3c(=O)n2NC1=O. The van der Waals surface area contributed by atoms with E-state index >= 15 is 0 Å². The fourth-order valence-corrected chi connectivity index (χ4v) is 2.95. The highest BCUT2D eigenvalue weighted by atomic mass is 79.9. The van der Waals surface area contributed by atoms with Gasteiger partial charge in [-0.3, -0.25) is 15.0 Å². The van der Waals surface area contributed by atoms with Crippen molar-refractivity contribution in [2.24, 2.45) is 0 Å². The Kier molecular flexibility index (Phi) is 2.67. The van der Waals surface area contributed by atoms with Crippen molar-refractivity contribution >= 4 is 44.5 Å². The second-order valence-electron chi connectivity index (χ2n) is 3.93. The zero-order valence-electron chi connectivity index (χ0n) is 9.31. The number of hydrogen-bond acceptors (Lipinski definition) is 4. The van der Waals surface area contributed by atoms with Crippen molar-refractivity contribution in [3.63, 3.8) is 0 Å². The van der Waals surface area contributed by atoms with Gasteiger partial charge in [-0.1, -0.05) is 27.7 Å². The average molecular weight is 326 g/mol. The molecule has 1 atom stereocenters. The van der Waals surface area contributed by atoms with Crippen molar-refractivity contribution in [3.8, 4) is 0 Å². The average Bonchev–Trinajstić information content (AvgIpc) is 2.33. The summed E-state index contributed by atoms with van der Waals surface area (Å²) < 4.78 is 2.01. The van der Waals surface area contributed by atoms with Crippen LogP contribution in [0.5, 0.6) is 0 Å². The van der Waals surface area contributed by atoms with Crippen LogP contribution in [-0.2, 0) is 4.79 Å². The Balaban J connectivity index is 2.33. The van der Waals surface area contributed by atoms with Crippen molar-refractivity contribution in [1.29, 1.82) is 0 Å². The lowest BCUT2D eigenvalue weighted by molar-refractivity contribution is -0.116. The Hall–Kier alpha value is -1.34. The largest absolute Gasteiger partial charge is 0.281 e. The summed E-state index contributed by atoms with van der Waals surface area (Å²) in [7, 11) is 0. The van der Waals surface area contributed by atoms with Gasteiger partial charge in [0.15, 0.2) is 5.16 Å². The maximum absolute atomic E-state index is 12.3. The maximum atomic E-state index is 12.3. The van der Waals surface area contributed by atoms with Crippen LogP contribution in [0.3, 0.4) is 0 Å². The number of carbonyl (C=O) groups excluding carboxylic acids is 1. The minimum atomic E-state index is -0.260. The monoisotopic (exact) mass is 325 g/mol. The van der Waals surface area contributed by atoms with Crippen LogP contribution in [0.4, 0.5) is 0 Å². The van der Waals surface area contributed by atoms with Crippen LogP contribution in [0, 0.1) is 0 Å². The minimum Gasteiger partial charge on any atom is -0.272 e. The Morgan fingerprint density at radius 3 is 3.00 bits per heavy atom. The molecule has 1 aliphatic heterocycles. The molecule has 7 heteroatoms. The summed E-state index contributed by atoms with van der Waals surface area (Å²) in [5.41, 5.74) is 2.93. The summed E-state index contributed by atoms with van der Waals surface area (Å²) in [5, 5.41) is 0.746. The molecular weight excluding hydrogens is 318 g/mol. The molecule has 1 aromatic heterocycles. The van der Waals surface area contributed by atoms with Crippen molar-refractivity contribution in [1.82, 2.24) is 9.66 Å². The smallest absolute Gasteiger partial charge is 0.272 e. The van der Waals surface area contributed by atoms with Crippen molar-refractivity contribution in [2.75, 3.05) is 5.43 Å². The van der Waals surface area contributed by atoms with Crippen LogP contribution in [0.2, 0.25) is 0 Å². The van der Waals surface area contributed by atoms with E-state index in [9.17, 15) is 9.59 Å². The fraction of sp³-hybridized carbons (Fsp3) is 0.182. The van der Waals surface area contributed by atoms with E-state index in [1.165, 1.54) is 16.4 Å². The molecule has 0 saturated heterocycles. The van der Waals surface area contributed by atoms with E-state index in [-0.39, 0.29) is 16.7 Å². The van der Waals surface area contributed by atoms with Gasteiger partial charge in [-0.25, -0.2) is 4.98 Å². The quantitative estimate of drug-likeness (QED) is 0.749. The third-order valence-electron chi connectivity index (χ3n) is 2.67. The number of benzene rings is 1. The molecule has 92 valence electrons. The highest BCUT2D eigenvalue weighted by Gasteiger charge is 2.25. The summed E-state index contributed by atoms with van der Waals surface area (Å²) in [6.07, 6.45) is 0. The first kappa shape index (κ1) is 11.7. The van der Waals surface area contributed by atoms with E-state index in [2.05, 4.69) is 26.3 Å². The zero-order valence-corrected chi connectivity index (χ0v) is 11.7. The molecule has 1 aliphatic rings. The third kappa shape index (κ3) is 1.74. The normalized spacial score (nSPS) is 18.6. The summed E-state index contributed by atoms with van der Waals surface area (Å²) in [6.45, 7) is 1.78. The predicted octanol–water partition coefficient (Wildman–Crippen LogP) is 1.72. The van der Waals surface area contributed by atoms with E-state index in [1.807, 2.05) is 6.07 Å². The fourth-order valence-electron chi connectivity index (χ4n) is 1.73. The standard InChI is InChI=1S/C11H8BrN3O2S/c1-5-9(16)14-15-10(17)7-4-6(12)2-3-8(7)13-11(15)18-5/h2-5H,1H3,(H,14,16). The molecule has 1 amide bonds. The second kappa shape index (κ2) is 4.10. The van der Waals surface area contributed by atoms with E-state index in [1.54, 1.807) is 19.1 Å². The second-order valence-corrected chi connectivity index (χ2v) is 6.16. The lowest BCUT2D eigenvalue weighted by Gasteiger charge is -2.22. The number of carbonyl (C=O) groups is 1. The minimum absolute atomic E-state index is 0.189. The number of nitrogens with zero attached hydrogens (tertiary/aromatic N) is 2. The van der Waals surface area contributed by atoms with Gasteiger partial charge in [-0.2, -0.15) is 4.68 Å². The van der Waals surface area contributed by atoms with E-state index in [0.717, 1.165) is 4.47 Å². The molecular formula is C11H8BrN3O2S. The van der Waals surface area contributed by atoms with Gasteiger partial charge in [0, 0.05) is 4.47 Å². The Bertz CT molecular complexity index is 728. The number of amides is 1. The van der Waals surface area contributed by atoms with Crippen LogP contribution in [0.25, 0.3) is 10.9 Å². The number of nitrogens with one attached hydrogen (secondary N) is 1. The van der Waals surface area contributed by atoms with Crippen molar-refractivity contribution in [2.45, 2.75) is 17.3 Å². The number of rotatable bonds is 0. The number of hydrogen-bond donors (Lipinski definition) is 1. The number of fused-ring (bicyclic) bond motifs is 2. The molecule has 0 aliphatic carbocycles. The molecule has 1 N–H and O–H groups in total. The maximum Gasteiger partial charge on any atom is 0.281 e. The Labute approximate surface area is 115 Å². The van der Waals surface area contributed by atoms with Crippen molar-refractivity contribution < 1.29 is 4.79 Å². The van der Waals surface area contributed by atoms with E-state index < -0.39 is 0 Å². The summed E-state index contributed by atoms with van der Waals surface area (Å²) in [5.74, 6) is -0.189. The molecule has 0 radical (unpaired) electrons. The molecule has 2 heterocycles. The number of halogens is 1. The van der Waals surface area contributed by atoms with Gasteiger partial charge >= 0.3 is 0 Å². The molecule has 0 fully saturated rings. The molecule has 0 bridgehead atoms. The van der Waals surface area contributed by atoms with Gasteiger partial charge in [0.2, 0.25) is 0 Å². The Morgan fingerprint density at radius 1 is 1.44 bits per heavy atom. The van der Waals surface area contributed by atoms with Gasteiger partial charge in [-0.05, 0) is 25.1 Å². The van der Waals surface area contributed by atoms with Gasteiger partial charge < -0.3 is 0 Å². The molecule has 1 unspecified atom stereocenters. The van der Waals surface area contributed by atoms with Crippen molar-refractivity contribution in [3.05, 3.63) is 33.0 Å². The van der Waals surface area contributed by atoms with Gasteiger partial charge in [0.25, 0.3) is 11.5 Å². The zero-order chi connectivity index (χ0) is 12.9. The highest BCUT2D eigenvalue weighted by Crippen LogP contribution is 2.26. The molecule has 1 aromatic carbocycles. The highest BCUT2D eigenvalue weighted by molar-refractivity contribution is 9.10. The van der Waals surface area contributed by atoms with E-state index in [0.29, 0.717) is 16.1 Å². The summed E-state index contributed by atoms with van der Waals surface area (Å²) >= 11 is 4.60. The lowest BCUT2D eigenvalue weighted by Crippen LogP contribution is -2.42. The van der Waals surface area contributed by atoms with Crippen LogP contribution in [0.15, 0.2) is 32.6 Å². The molecule has 0 spiro atoms. The van der Waals surface area contributed by atoms with Gasteiger partial charge in [0.05, 0.1) is 16.2 Å². The molecule has 2 aromatic rings. The molecule has 18 heavy (non-hydrogen) atoms. The summed E-state index contributed by atoms with van der Waals surface area (Å²) in [4.78, 5) is 28.2. The lowest BCUT2D eigenvalue weighted by atomic mass is 10.2. The van der Waals surface area contributed by atoms with E-state index in [4.69, 9.17) is 0 Å². The first-order valence-corrected chi connectivity index (χ1v) is 6.93. The predicted molar refractivity (Wildman–Crippen MR) is 73.4 cm³/mol. The number of thioether (sulfide) groups is 1. The van der Waals surface area contributed by atoms with Gasteiger partial charge in [0.1, 0.15) is 0 Å². The van der Waals surface area contributed by atoms with Crippen LogP contribution in [-0.4, -0.2) is 20.8 Å². The first-order chi connectivity index (χ1) is 8.56. The number of aromatic nitrogens is 2. The third-order valence-corrected chi connectivity index (χ3v) is 4.22. The molecule has 0 saturated carbocycles. The van der Waals surface area contributed by atoms with Gasteiger partial charge in [-0.15, -0.1) is 0 Å². The Morgan fingerprint density at radius 2 is 2.22 bits per heavy atom. The van der Waals surface area contributed by atoms with Crippen LogP contribution in [0.1, 0.15) is 6.92 Å². The topological polar surface area (TPSA) is 64.0 Å². The first-order valence-electron chi connectivity index (χ1n) is 5.26. The van der Waals surface area contributed by atoms with Crippen LogP contribution >= 0.6 is 27.7 Å². The van der Waals surface area contributed by atoms with Crippen LogP contribution < -0.4 is 11.0 Å². The molecule has 5 nitrogen and oxygen atoms in total.